The van der Waals surface area contributed by atoms with Gasteiger partial charge >= 0.3 is 0 Å². The maximum absolute atomic E-state index is 10.6. The number of phenolic OH excluding ortho intramolecular Hbond substituents is 1. The molecule has 2 N–H and O–H groups in total. The average Bonchev–Trinajstić information content (AvgIpc) is 3.15. The van der Waals surface area contributed by atoms with Gasteiger partial charge in [0.05, 0.1) is 23.6 Å². The highest BCUT2D eigenvalue weighted by Gasteiger charge is 2.39. The van der Waals surface area contributed by atoms with E-state index in [9.17, 15) is 5.11 Å². The molecule has 0 saturated carbocycles. The number of benzene rings is 1. The number of fused-ring (bicyclic) bond motifs is 1. The standard InChI is InChI=1S/C23H26N8O/c1-22(2)11-15(12-23(3,4)29-22)31-21-18(27-30-31)10-17(26-28-21)16-6-5-14(9-20(16)32)19-13-24-7-8-25-19/h5-10,13,15,29,32H,11-12H2,1-4H3. The second kappa shape index (κ2) is 7.30. The summed E-state index contributed by atoms with van der Waals surface area (Å²) < 4.78 is 1.90. The normalized spacial score (nSPS) is 18.1. The van der Waals surface area contributed by atoms with Crippen LogP contribution >= 0.6 is 0 Å². The first-order valence-electron chi connectivity index (χ1n) is 10.7. The molecule has 4 aromatic rings. The Kier molecular flexibility index (Phi) is 4.67. The van der Waals surface area contributed by atoms with Crippen molar-refractivity contribution < 1.29 is 5.11 Å². The van der Waals surface area contributed by atoms with E-state index in [1.807, 2.05) is 16.8 Å². The first-order chi connectivity index (χ1) is 15.2. The van der Waals surface area contributed by atoms with Gasteiger partial charge in [0.2, 0.25) is 5.65 Å². The quantitative estimate of drug-likeness (QED) is 0.507. The molecule has 0 spiro atoms. The smallest absolute Gasteiger partial charge is 0.201 e. The monoisotopic (exact) mass is 430 g/mol. The summed E-state index contributed by atoms with van der Waals surface area (Å²) in [5, 5.41) is 31.9. The fourth-order valence-corrected chi connectivity index (χ4v) is 4.93. The van der Waals surface area contributed by atoms with E-state index >= 15 is 0 Å². The number of rotatable bonds is 3. The van der Waals surface area contributed by atoms with Crippen molar-refractivity contribution in [2.75, 3.05) is 0 Å². The number of aromatic nitrogens is 7. The topological polar surface area (TPSA) is 115 Å². The van der Waals surface area contributed by atoms with Crippen molar-refractivity contribution in [3.05, 3.63) is 42.9 Å². The molecule has 9 nitrogen and oxygen atoms in total. The van der Waals surface area contributed by atoms with Crippen LogP contribution in [0.25, 0.3) is 33.7 Å². The largest absolute Gasteiger partial charge is 0.507 e. The van der Waals surface area contributed by atoms with Crippen LogP contribution in [0.3, 0.4) is 0 Å². The summed E-state index contributed by atoms with van der Waals surface area (Å²) in [6, 6.07) is 7.33. The van der Waals surface area contributed by atoms with Crippen LogP contribution in [-0.4, -0.2) is 51.3 Å². The molecule has 0 atom stereocenters. The zero-order chi connectivity index (χ0) is 22.5. The van der Waals surface area contributed by atoms with Crippen molar-refractivity contribution in [2.45, 2.75) is 57.7 Å². The fourth-order valence-electron chi connectivity index (χ4n) is 4.93. The number of hydrogen-bond acceptors (Lipinski definition) is 8. The summed E-state index contributed by atoms with van der Waals surface area (Å²) in [5.74, 6) is 0.0936. The molecule has 0 amide bonds. The summed E-state index contributed by atoms with van der Waals surface area (Å²) in [4.78, 5) is 8.35. The summed E-state index contributed by atoms with van der Waals surface area (Å²) in [7, 11) is 0. The Labute approximate surface area is 185 Å². The Morgan fingerprint density at radius 2 is 1.75 bits per heavy atom. The van der Waals surface area contributed by atoms with Gasteiger partial charge in [-0.05, 0) is 58.7 Å². The number of nitrogens with one attached hydrogen (secondary N) is 1. The first-order valence-corrected chi connectivity index (χ1v) is 10.7. The van der Waals surface area contributed by atoms with Crippen molar-refractivity contribution in [3.63, 3.8) is 0 Å². The van der Waals surface area contributed by atoms with Gasteiger partial charge in [-0.3, -0.25) is 9.97 Å². The molecular formula is C23H26N8O. The predicted molar refractivity (Wildman–Crippen MR) is 121 cm³/mol. The van der Waals surface area contributed by atoms with Gasteiger partial charge in [-0.25, -0.2) is 4.68 Å². The minimum atomic E-state index is -0.0191. The molecule has 1 aliphatic heterocycles. The van der Waals surface area contributed by atoms with Crippen LogP contribution < -0.4 is 5.32 Å². The molecule has 4 heterocycles. The van der Waals surface area contributed by atoms with E-state index < -0.39 is 0 Å². The number of aromatic hydroxyl groups is 1. The Hall–Kier alpha value is -3.46. The molecule has 3 aromatic heterocycles. The van der Waals surface area contributed by atoms with Crippen LogP contribution in [0.2, 0.25) is 0 Å². The van der Waals surface area contributed by atoms with Crippen LogP contribution in [-0.2, 0) is 0 Å². The van der Waals surface area contributed by atoms with Gasteiger partial charge in [0, 0.05) is 34.6 Å². The summed E-state index contributed by atoms with van der Waals surface area (Å²) >= 11 is 0. The van der Waals surface area contributed by atoms with Crippen molar-refractivity contribution in [1.82, 2.24) is 40.5 Å². The number of nitrogens with zero attached hydrogens (tertiary/aromatic N) is 7. The zero-order valence-corrected chi connectivity index (χ0v) is 18.6. The maximum Gasteiger partial charge on any atom is 0.201 e. The van der Waals surface area contributed by atoms with Crippen molar-refractivity contribution in [1.29, 1.82) is 0 Å². The number of phenols is 1. The molecule has 0 bridgehead atoms. The molecule has 9 heteroatoms. The minimum absolute atomic E-state index is 0.0191. The van der Waals surface area contributed by atoms with E-state index in [0.717, 1.165) is 18.4 Å². The average molecular weight is 431 g/mol. The molecule has 1 saturated heterocycles. The molecule has 5 rings (SSSR count). The third-order valence-corrected chi connectivity index (χ3v) is 5.87. The Bertz CT molecular complexity index is 1270. The van der Waals surface area contributed by atoms with Crippen LogP contribution in [0.1, 0.15) is 46.6 Å². The van der Waals surface area contributed by atoms with Crippen molar-refractivity contribution >= 4 is 11.2 Å². The van der Waals surface area contributed by atoms with E-state index in [0.29, 0.717) is 28.1 Å². The Balaban J connectivity index is 1.48. The number of hydrogen-bond donors (Lipinski definition) is 2. The van der Waals surface area contributed by atoms with E-state index in [4.69, 9.17) is 0 Å². The highest BCUT2D eigenvalue weighted by molar-refractivity contribution is 5.79. The summed E-state index contributed by atoms with van der Waals surface area (Å²) in [6.07, 6.45) is 6.73. The van der Waals surface area contributed by atoms with Gasteiger partial charge in [0.15, 0.2) is 0 Å². The first kappa shape index (κ1) is 20.4. The molecule has 1 aromatic carbocycles. The van der Waals surface area contributed by atoms with Crippen molar-refractivity contribution in [3.8, 4) is 28.3 Å². The second-order valence-electron chi connectivity index (χ2n) is 9.75. The van der Waals surface area contributed by atoms with E-state index in [-0.39, 0.29) is 22.9 Å². The third kappa shape index (κ3) is 3.80. The van der Waals surface area contributed by atoms with E-state index in [1.165, 1.54) is 0 Å². The van der Waals surface area contributed by atoms with Gasteiger partial charge in [-0.15, -0.1) is 15.3 Å². The molecule has 0 unspecified atom stereocenters. The van der Waals surface area contributed by atoms with Crippen LogP contribution in [0.15, 0.2) is 42.9 Å². The Morgan fingerprint density at radius 3 is 2.44 bits per heavy atom. The summed E-state index contributed by atoms with van der Waals surface area (Å²) in [5.41, 5.74) is 3.85. The predicted octanol–water partition coefficient (Wildman–Crippen LogP) is 3.53. The number of piperidine rings is 1. The van der Waals surface area contributed by atoms with E-state index in [1.54, 1.807) is 30.7 Å². The molecule has 0 aliphatic carbocycles. The van der Waals surface area contributed by atoms with Crippen LogP contribution in [0, 0.1) is 0 Å². The van der Waals surface area contributed by atoms with Crippen LogP contribution in [0.5, 0.6) is 5.75 Å². The second-order valence-corrected chi connectivity index (χ2v) is 9.75. The molecular weight excluding hydrogens is 404 g/mol. The van der Waals surface area contributed by atoms with Crippen LogP contribution in [0.4, 0.5) is 0 Å². The third-order valence-electron chi connectivity index (χ3n) is 5.87. The highest BCUT2D eigenvalue weighted by Crippen LogP contribution is 2.37. The van der Waals surface area contributed by atoms with E-state index in [2.05, 4.69) is 63.5 Å². The van der Waals surface area contributed by atoms with Crippen molar-refractivity contribution in [2.24, 2.45) is 0 Å². The van der Waals surface area contributed by atoms with Gasteiger partial charge in [-0.2, -0.15) is 0 Å². The molecule has 1 fully saturated rings. The SMILES string of the molecule is CC1(C)CC(n2nnc3cc(-c4ccc(-c5cnccn5)cc4O)nnc32)CC(C)(C)N1. The Morgan fingerprint density at radius 1 is 0.969 bits per heavy atom. The molecule has 164 valence electrons. The highest BCUT2D eigenvalue weighted by atomic mass is 16.3. The summed E-state index contributed by atoms with van der Waals surface area (Å²) in [6.45, 7) is 8.82. The fraction of sp³-hybridized carbons (Fsp3) is 0.391. The minimum Gasteiger partial charge on any atom is -0.507 e. The van der Waals surface area contributed by atoms with Gasteiger partial charge in [0.25, 0.3) is 0 Å². The molecule has 0 radical (unpaired) electrons. The zero-order valence-electron chi connectivity index (χ0n) is 18.6. The maximum atomic E-state index is 10.6. The lowest BCUT2D eigenvalue weighted by atomic mass is 9.80. The van der Waals surface area contributed by atoms with Gasteiger partial charge < -0.3 is 10.4 Å². The lowest BCUT2D eigenvalue weighted by molar-refractivity contribution is 0.127. The lowest BCUT2D eigenvalue weighted by Gasteiger charge is -2.46. The lowest BCUT2D eigenvalue weighted by Crippen LogP contribution is -2.58. The van der Waals surface area contributed by atoms with Gasteiger partial charge in [0.1, 0.15) is 11.3 Å². The van der Waals surface area contributed by atoms with Gasteiger partial charge in [-0.1, -0.05) is 11.3 Å². The molecule has 1 aliphatic rings. The molecule has 32 heavy (non-hydrogen) atoms.